The lowest BCUT2D eigenvalue weighted by molar-refractivity contribution is -0.122. The van der Waals surface area contributed by atoms with Crippen LogP contribution in [0.2, 0.25) is 0 Å². The van der Waals surface area contributed by atoms with E-state index < -0.39 is 27.9 Å². The number of nitrogens with one attached hydrogen (secondary N) is 3. The Morgan fingerprint density at radius 1 is 1.38 bits per heavy atom. The van der Waals surface area contributed by atoms with Crippen LogP contribution in [0.25, 0.3) is 0 Å². The maximum absolute atomic E-state index is 12.2. The first-order valence-electron chi connectivity index (χ1n) is 6.33. The molecule has 0 saturated heterocycles. The van der Waals surface area contributed by atoms with E-state index in [1.165, 1.54) is 7.05 Å². The zero-order valence-electron chi connectivity index (χ0n) is 12.0. The van der Waals surface area contributed by atoms with Crippen molar-refractivity contribution in [3.63, 3.8) is 0 Å². The van der Waals surface area contributed by atoms with Gasteiger partial charge in [0.05, 0.1) is 0 Å². The van der Waals surface area contributed by atoms with E-state index in [4.69, 9.17) is 5.11 Å². The highest BCUT2D eigenvalue weighted by atomic mass is 32.2. The highest BCUT2D eigenvalue weighted by molar-refractivity contribution is 7.89. The molecular formula is C12H19N3O5S. The number of aromatic amines is 1. The molecule has 0 aliphatic rings. The zero-order chi connectivity index (χ0) is 16.2. The van der Waals surface area contributed by atoms with E-state index >= 15 is 0 Å². The van der Waals surface area contributed by atoms with Crippen molar-refractivity contribution in [2.24, 2.45) is 5.92 Å². The molecule has 0 aromatic carbocycles. The number of H-pyrrole nitrogens is 1. The number of carbonyl (C=O) groups excluding carboxylic acids is 1. The van der Waals surface area contributed by atoms with E-state index in [1.54, 1.807) is 0 Å². The Labute approximate surface area is 123 Å². The summed E-state index contributed by atoms with van der Waals surface area (Å²) in [7, 11) is -2.56. The minimum Gasteiger partial charge on any atom is -0.477 e. The number of carbonyl (C=O) groups is 2. The maximum Gasteiger partial charge on any atom is 0.352 e. The molecule has 0 saturated carbocycles. The summed E-state index contributed by atoms with van der Waals surface area (Å²) in [6.45, 7) is 3.73. The molecule has 0 fully saturated rings. The lowest BCUT2D eigenvalue weighted by atomic mass is 10.0. The van der Waals surface area contributed by atoms with Crippen LogP contribution in [0.15, 0.2) is 17.2 Å². The summed E-state index contributed by atoms with van der Waals surface area (Å²) >= 11 is 0. The van der Waals surface area contributed by atoms with Crippen LogP contribution in [-0.4, -0.2) is 43.5 Å². The summed E-state index contributed by atoms with van der Waals surface area (Å²) in [5.41, 5.74) is -0.240. The number of aromatic nitrogens is 1. The van der Waals surface area contributed by atoms with Crippen molar-refractivity contribution in [3.05, 3.63) is 18.0 Å². The Morgan fingerprint density at radius 2 is 2.00 bits per heavy atom. The molecule has 118 valence electrons. The van der Waals surface area contributed by atoms with Crippen molar-refractivity contribution in [2.75, 3.05) is 7.05 Å². The molecule has 0 bridgehead atoms. The molecule has 1 heterocycles. The first-order valence-corrected chi connectivity index (χ1v) is 7.81. The van der Waals surface area contributed by atoms with E-state index in [2.05, 4.69) is 15.0 Å². The van der Waals surface area contributed by atoms with Crippen molar-refractivity contribution in [1.29, 1.82) is 0 Å². The predicted molar refractivity (Wildman–Crippen MR) is 75.4 cm³/mol. The molecule has 9 heteroatoms. The minimum absolute atomic E-state index is 0.107. The highest BCUT2D eigenvalue weighted by Crippen LogP contribution is 2.13. The third kappa shape index (κ3) is 4.57. The Bertz CT molecular complexity index is 621. The van der Waals surface area contributed by atoms with Crippen LogP contribution in [-0.2, 0) is 14.8 Å². The van der Waals surface area contributed by atoms with E-state index in [9.17, 15) is 18.0 Å². The van der Waals surface area contributed by atoms with Gasteiger partial charge in [0, 0.05) is 13.2 Å². The van der Waals surface area contributed by atoms with Crippen molar-refractivity contribution < 1.29 is 23.1 Å². The zero-order valence-corrected chi connectivity index (χ0v) is 12.8. The first kappa shape index (κ1) is 17.2. The molecule has 1 aromatic heterocycles. The predicted octanol–water partition coefficient (Wildman–Crippen LogP) is 0.152. The third-order valence-electron chi connectivity index (χ3n) is 2.76. The van der Waals surface area contributed by atoms with Crippen LogP contribution in [0.1, 0.15) is 30.8 Å². The lowest BCUT2D eigenvalue weighted by Gasteiger charge is -2.18. The molecule has 1 aromatic rings. The molecule has 21 heavy (non-hydrogen) atoms. The first-order chi connectivity index (χ1) is 9.67. The average molecular weight is 317 g/mol. The molecule has 4 N–H and O–H groups in total. The van der Waals surface area contributed by atoms with Gasteiger partial charge in [0.15, 0.2) is 0 Å². The number of carboxylic acids is 1. The standard InChI is InChI=1S/C12H19N3O5S/c1-7(2)4-9(11(16)13-3)15-21(19,20)8-5-10(12(17)18)14-6-8/h5-7,9,14-15H,4H2,1-3H3,(H,13,16)(H,17,18). The fourth-order valence-electron chi connectivity index (χ4n) is 1.76. The smallest absolute Gasteiger partial charge is 0.352 e. The van der Waals surface area contributed by atoms with Gasteiger partial charge in [-0.25, -0.2) is 13.2 Å². The normalized spacial score (nSPS) is 13.1. The van der Waals surface area contributed by atoms with Gasteiger partial charge in [-0.2, -0.15) is 4.72 Å². The Hall–Kier alpha value is -1.87. The quantitative estimate of drug-likeness (QED) is 0.569. The second kappa shape index (κ2) is 6.72. The summed E-state index contributed by atoms with van der Waals surface area (Å²) < 4.78 is 26.6. The number of likely N-dealkylation sites (N-methyl/N-ethyl adjacent to an activating group) is 1. The summed E-state index contributed by atoms with van der Waals surface area (Å²) in [5, 5.41) is 11.2. The van der Waals surface area contributed by atoms with Crippen molar-refractivity contribution in [2.45, 2.75) is 31.2 Å². The lowest BCUT2D eigenvalue weighted by Crippen LogP contribution is -2.46. The molecule has 1 amide bonds. The van der Waals surface area contributed by atoms with E-state index in [0.29, 0.717) is 6.42 Å². The SMILES string of the molecule is CNC(=O)C(CC(C)C)NS(=O)(=O)c1c[nH]c(C(=O)O)c1. The topological polar surface area (TPSA) is 128 Å². The van der Waals surface area contributed by atoms with Gasteiger partial charge < -0.3 is 15.4 Å². The van der Waals surface area contributed by atoms with Crippen molar-refractivity contribution in [1.82, 2.24) is 15.0 Å². The van der Waals surface area contributed by atoms with Crippen LogP contribution in [0.3, 0.4) is 0 Å². The molecule has 1 rings (SSSR count). The molecule has 1 atom stereocenters. The molecule has 0 aliphatic carbocycles. The van der Waals surface area contributed by atoms with Gasteiger partial charge in [0.25, 0.3) is 0 Å². The summed E-state index contributed by atoms with van der Waals surface area (Å²) in [4.78, 5) is 24.6. The Kier molecular flexibility index (Phi) is 5.50. The van der Waals surface area contributed by atoms with Gasteiger partial charge >= 0.3 is 5.97 Å². The van der Waals surface area contributed by atoms with Gasteiger partial charge in [-0.15, -0.1) is 0 Å². The summed E-state index contributed by atoms with van der Waals surface area (Å²) in [6, 6.07) is 0.0872. The summed E-state index contributed by atoms with van der Waals surface area (Å²) in [6.07, 6.45) is 1.40. The highest BCUT2D eigenvalue weighted by Gasteiger charge is 2.27. The largest absolute Gasteiger partial charge is 0.477 e. The second-order valence-corrected chi connectivity index (χ2v) is 6.69. The van der Waals surface area contributed by atoms with Gasteiger partial charge in [-0.3, -0.25) is 4.79 Å². The Morgan fingerprint density at radius 3 is 2.43 bits per heavy atom. The van der Waals surface area contributed by atoms with Gasteiger partial charge in [-0.1, -0.05) is 13.8 Å². The van der Waals surface area contributed by atoms with E-state index in [-0.39, 0.29) is 16.5 Å². The molecule has 1 unspecified atom stereocenters. The van der Waals surface area contributed by atoms with E-state index in [0.717, 1.165) is 12.3 Å². The molecule has 0 spiro atoms. The van der Waals surface area contributed by atoms with Gasteiger partial charge in [0.1, 0.15) is 16.6 Å². The van der Waals surface area contributed by atoms with Gasteiger partial charge in [-0.05, 0) is 18.4 Å². The number of rotatable bonds is 7. The number of aromatic carboxylic acids is 1. The van der Waals surface area contributed by atoms with Gasteiger partial charge in [0.2, 0.25) is 15.9 Å². The van der Waals surface area contributed by atoms with E-state index in [1.807, 2.05) is 13.8 Å². The van der Waals surface area contributed by atoms with Crippen LogP contribution in [0.4, 0.5) is 0 Å². The second-order valence-electron chi connectivity index (χ2n) is 4.97. The maximum atomic E-state index is 12.2. The molecule has 8 nitrogen and oxygen atoms in total. The number of hydrogen-bond donors (Lipinski definition) is 4. The monoisotopic (exact) mass is 317 g/mol. The number of hydrogen-bond acceptors (Lipinski definition) is 4. The molecule has 0 radical (unpaired) electrons. The fraction of sp³-hybridized carbons (Fsp3) is 0.500. The number of sulfonamides is 1. The number of amides is 1. The van der Waals surface area contributed by atoms with Crippen molar-refractivity contribution >= 4 is 21.9 Å². The Balaban J connectivity index is 2.99. The molecular weight excluding hydrogens is 298 g/mol. The van der Waals surface area contributed by atoms with Crippen LogP contribution >= 0.6 is 0 Å². The minimum atomic E-state index is -3.98. The van der Waals surface area contributed by atoms with Crippen molar-refractivity contribution in [3.8, 4) is 0 Å². The van der Waals surface area contributed by atoms with Crippen LogP contribution in [0, 0.1) is 5.92 Å². The fourth-order valence-corrected chi connectivity index (χ4v) is 2.96. The van der Waals surface area contributed by atoms with Crippen LogP contribution < -0.4 is 10.0 Å². The molecule has 0 aliphatic heterocycles. The third-order valence-corrected chi connectivity index (χ3v) is 4.22. The summed E-state index contributed by atoms with van der Waals surface area (Å²) in [5.74, 6) is -1.60. The average Bonchev–Trinajstić information content (AvgIpc) is 2.86. The van der Waals surface area contributed by atoms with Crippen LogP contribution in [0.5, 0.6) is 0 Å². The number of carboxylic acid groups (broad SMARTS) is 1.